The molecule has 2 aromatic rings. The van der Waals surface area contributed by atoms with Gasteiger partial charge >= 0.3 is 0 Å². The number of anilines is 1. The van der Waals surface area contributed by atoms with Gasteiger partial charge in [-0.3, -0.25) is 14.8 Å². The number of hydrogen-bond acceptors (Lipinski definition) is 5. The third-order valence-electron chi connectivity index (χ3n) is 3.88. The highest BCUT2D eigenvalue weighted by Crippen LogP contribution is 2.22. The maximum atomic E-state index is 12.3. The van der Waals surface area contributed by atoms with Crippen LogP contribution in [0.15, 0.2) is 30.7 Å². The lowest BCUT2D eigenvalue weighted by Crippen LogP contribution is -2.44. The van der Waals surface area contributed by atoms with E-state index in [0.717, 1.165) is 23.7 Å². The molecule has 0 radical (unpaired) electrons. The minimum Gasteiger partial charge on any atom is -0.381 e. The molecule has 0 saturated carbocycles. The molecule has 23 heavy (non-hydrogen) atoms. The maximum absolute atomic E-state index is 12.3. The van der Waals surface area contributed by atoms with Crippen molar-refractivity contribution < 1.29 is 9.53 Å². The van der Waals surface area contributed by atoms with Crippen molar-refractivity contribution in [3.63, 3.8) is 0 Å². The SMILES string of the molecule is Cl.Cl.NC(C(=O)Nc1ccnc2ccncc12)C1CCOCC1. The zero-order valence-electron chi connectivity index (χ0n) is 12.5. The number of nitrogens with one attached hydrogen (secondary N) is 1. The van der Waals surface area contributed by atoms with Crippen LogP contribution in [0.2, 0.25) is 0 Å². The fourth-order valence-corrected chi connectivity index (χ4v) is 2.60. The third-order valence-corrected chi connectivity index (χ3v) is 3.88. The number of fused-ring (bicyclic) bond motifs is 1. The van der Waals surface area contributed by atoms with Gasteiger partial charge in [-0.05, 0) is 30.9 Å². The molecule has 1 amide bonds. The Morgan fingerprint density at radius 3 is 2.74 bits per heavy atom. The van der Waals surface area contributed by atoms with Gasteiger partial charge in [-0.25, -0.2) is 0 Å². The van der Waals surface area contributed by atoms with Crippen LogP contribution in [-0.4, -0.2) is 35.1 Å². The van der Waals surface area contributed by atoms with Crippen LogP contribution in [0.25, 0.3) is 10.9 Å². The van der Waals surface area contributed by atoms with Crippen LogP contribution in [0.4, 0.5) is 5.69 Å². The Morgan fingerprint density at radius 2 is 2.00 bits per heavy atom. The summed E-state index contributed by atoms with van der Waals surface area (Å²) >= 11 is 0. The molecule has 126 valence electrons. The number of carbonyl (C=O) groups excluding carboxylic acids is 1. The number of hydrogen-bond donors (Lipinski definition) is 2. The van der Waals surface area contributed by atoms with E-state index in [2.05, 4.69) is 15.3 Å². The molecule has 1 atom stereocenters. The van der Waals surface area contributed by atoms with Crippen LogP contribution < -0.4 is 11.1 Å². The lowest BCUT2D eigenvalue weighted by Gasteiger charge is -2.26. The van der Waals surface area contributed by atoms with Gasteiger partial charge in [-0.15, -0.1) is 24.8 Å². The number of nitrogens with two attached hydrogens (primary N) is 1. The molecule has 0 bridgehead atoms. The van der Waals surface area contributed by atoms with Crippen molar-refractivity contribution in [2.24, 2.45) is 11.7 Å². The standard InChI is InChI=1S/C15H18N4O2.2ClH/c16-14(10-3-7-21-8-4-10)15(20)19-13-2-6-18-12-1-5-17-9-11(12)13;;/h1-2,5-6,9-10,14H,3-4,7-8,16H2,(H,18,19,20);2*1H. The molecule has 3 rings (SSSR count). The Balaban J connectivity index is 0.00000132. The van der Waals surface area contributed by atoms with E-state index in [4.69, 9.17) is 10.5 Å². The Morgan fingerprint density at radius 1 is 1.26 bits per heavy atom. The van der Waals surface area contributed by atoms with E-state index in [1.54, 1.807) is 24.7 Å². The molecule has 1 fully saturated rings. The molecule has 1 unspecified atom stereocenters. The van der Waals surface area contributed by atoms with Crippen LogP contribution >= 0.6 is 24.8 Å². The van der Waals surface area contributed by atoms with Gasteiger partial charge in [0.1, 0.15) is 0 Å². The molecule has 6 nitrogen and oxygen atoms in total. The predicted octanol–water partition coefficient (Wildman–Crippen LogP) is 2.17. The summed E-state index contributed by atoms with van der Waals surface area (Å²) in [7, 11) is 0. The van der Waals surface area contributed by atoms with Gasteiger partial charge < -0.3 is 15.8 Å². The topological polar surface area (TPSA) is 90.1 Å². The lowest BCUT2D eigenvalue weighted by molar-refractivity contribution is -0.119. The zero-order chi connectivity index (χ0) is 14.7. The fourth-order valence-electron chi connectivity index (χ4n) is 2.60. The number of pyridine rings is 2. The average molecular weight is 359 g/mol. The van der Waals surface area contributed by atoms with Gasteiger partial charge in [0.15, 0.2) is 0 Å². The first kappa shape index (κ1) is 19.6. The second-order valence-electron chi connectivity index (χ2n) is 5.22. The van der Waals surface area contributed by atoms with E-state index in [1.807, 2.05) is 6.07 Å². The number of rotatable bonds is 3. The number of aromatic nitrogens is 2. The molecule has 0 aromatic carbocycles. The molecule has 1 aliphatic rings. The second kappa shape index (κ2) is 8.98. The smallest absolute Gasteiger partial charge is 0.241 e. The van der Waals surface area contributed by atoms with Gasteiger partial charge in [0, 0.05) is 37.2 Å². The first-order valence-electron chi connectivity index (χ1n) is 7.08. The Labute approximate surface area is 147 Å². The Bertz CT molecular complexity index is 645. The highest BCUT2D eigenvalue weighted by Gasteiger charge is 2.26. The van der Waals surface area contributed by atoms with E-state index in [1.165, 1.54) is 0 Å². The molecule has 0 aliphatic carbocycles. The average Bonchev–Trinajstić information content (AvgIpc) is 2.55. The summed E-state index contributed by atoms with van der Waals surface area (Å²) in [6.07, 6.45) is 6.69. The minimum absolute atomic E-state index is 0. The Hall–Kier alpha value is -1.47. The van der Waals surface area contributed by atoms with Crippen molar-refractivity contribution >= 4 is 47.3 Å². The summed E-state index contributed by atoms with van der Waals surface area (Å²) < 4.78 is 5.30. The molecular formula is C15H20Cl2N4O2. The molecule has 3 heterocycles. The van der Waals surface area contributed by atoms with Crippen molar-refractivity contribution in [2.45, 2.75) is 18.9 Å². The summed E-state index contributed by atoms with van der Waals surface area (Å²) in [5.74, 6) is 0.00299. The summed E-state index contributed by atoms with van der Waals surface area (Å²) in [6.45, 7) is 1.35. The maximum Gasteiger partial charge on any atom is 0.241 e. The summed E-state index contributed by atoms with van der Waals surface area (Å²) in [6, 6.07) is 3.05. The van der Waals surface area contributed by atoms with E-state index >= 15 is 0 Å². The van der Waals surface area contributed by atoms with Crippen LogP contribution in [0.3, 0.4) is 0 Å². The van der Waals surface area contributed by atoms with Gasteiger partial charge in [0.2, 0.25) is 5.91 Å². The van der Waals surface area contributed by atoms with E-state index in [-0.39, 0.29) is 36.6 Å². The van der Waals surface area contributed by atoms with Crippen molar-refractivity contribution in [1.29, 1.82) is 0 Å². The van der Waals surface area contributed by atoms with Crippen LogP contribution in [0.5, 0.6) is 0 Å². The highest BCUT2D eigenvalue weighted by atomic mass is 35.5. The van der Waals surface area contributed by atoms with Crippen LogP contribution in [-0.2, 0) is 9.53 Å². The van der Waals surface area contributed by atoms with E-state index in [0.29, 0.717) is 18.9 Å². The second-order valence-corrected chi connectivity index (χ2v) is 5.22. The van der Waals surface area contributed by atoms with Gasteiger partial charge in [0.25, 0.3) is 0 Å². The summed E-state index contributed by atoms with van der Waals surface area (Å²) in [4.78, 5) is 20.7. The van der Waals surface area contributed by atoms with Crippen LogP contribution in [0, 0.1) is 5.92 Å². The molecule has 2 aromatic heterocycles. The van der Waals surface area contributed by atoms with E-state index < -0.39 is 6.04 Å². The molecule has 0 spiro atoms. The summed E-state index contributed by atoms with van der Waals surface area (Å²) in [5, 5.41) is 3.71. The molecule has 1 saturated heterocycles. The Kier molecular flexibility index (Phi) is 7.64. The van der Waals surface area contributed by atoms with E-state index in [9.17, 15) is 4.79 Å². The first-order chi connectivity index (χ1) is 10.3. The number of carbonyl (C=O) groups is 1. The predicted molar refractivity (Wildman–Crippen MR) is 94.2 cm³/mol. The largest absolute Gasteiger partial charge is 0.381 e. The normalized spacial score (nSPS) is 16.0. The summed E-state index contributed by atoms with van der Waals surface area (Å²) in [5.41, 5.74) is 7.57. The van der Waals surface area contributed by atoms with Crippen molar-refractivity contribution in [2.75, 3.05) is 18.5 Å². The lowest BCUT2D eigenvalue weighted by atomic mass is 9.92. The first-order valence-corrected chi connectivity index (χ1v) is 7.08. The monoisotopic (exact) mass is 358 g/mol. The van der Waals surface area contributed by atoms with Crippen molar-refractivity contribution in [3.8, 4) is 0 Å². The highest BCUT2D eigenvalue weighted by molar-refractivity contribution is 6.02. The third kappa shape index (κ3) is 4.51. The number of amides is 1. The van der Waals surface area contributed by atoms with Crippen molar-refractivity contribution in [1.82, 2.24) is 9.97 Å². The quantitative estimate of drug-likeness (QED) is 0.877. The van der Waals surface area contributed by atoms with Crippen LogP contribution in [0.1, 0.15) is 12.8 Å². The minimum atomic E-state index is -0.520. The number of halogens is 2. The van der Waals surface area contributed by atoms with Crippen molar-refractivity contribution in [3.05, 3.63) is 30.7 Å². The molecule has 3 N–H and O–H groups in total. The molecule has 1 aliphatic heterocycles. The molecule has 8 heteroatoms. The fraction of sp³-hybridized carbons (Fsp3) is 0.400. The van der Waals surface area contributed by atoms with Gasteiger partial charge in [0.05, 0.1) is 17.2 Å². The zero-order valence-corrected chi connectivity index (χ0v) is 14.1. The van der Waals surface area contributed by atoms with Gasteiger partial charge in [-0.2, -0.15) is 0 Å². The number of nitrogens with zero attached hydrogens (tertiary/aromatic N) is 2. The van der Waals surface area contributed by atoms with Gasteiger partial charge in [-0.1, -0.05) is 0 Å². The number of ether oxygens (including phenoxy) is 1. The molecular weight excluding hydrogens is 339 g/mol.